The Labute approximate surface area is 182 Å². The molecule has 1 aromatic heterocycles. The molecule has 1 aromatic carbocycles. The van der Waals surface area contributed by atoms with Crippen LogP contribution in [-0.2, 0) is 11.3 Å². The molecule has 0 saturated carbocycles. The van der Waals surface area contributed by atoms with Crippen molar-refractivity contribution in [1.29, 1.82) is 0 Å². The predicted octanol–water partition coefficient (Wildman–Crippen LogP) is 4.12. The van der Waals surface area contributed by atoms with Gasteiger partial charge in [0.2, 0.25) is 0 Å². The van der Waals surface area contributed by atoms with Gasteiger partial charge in [0, 0.05) is 49.0 Å². The molecule has 0 aliphatic carbocycles. The number of fused-ring (bicyclic) bond motifs is 3. The van der Waals surface area contributed by atoms with Gasteiger partial charge in [0.25, 0.3) is 0 Å². The van der Waals surface area contributed by atoms with Gasteiger partial charge >= 0.3 is 12.1 Å². The van der Waals surface area contributed by atoms with E-state index in [-0.39, 0.29) is 29.8 Å². The number of carboxylic acids is 1. The average Bonchev–Trinajstić information content (AvgIpc) is 3.23. The molecule has 2 aliphatic rings. The van der Waals surface area contributed by atoms with Crippen LogP contribution in [0.4, 0.5) is 10.5 Å². The lowest BCUT2D eigenvalue weighted by atomic mass is 9.95. The van der Waals surface area contributed by atoms with Crippen molar-refractivity contribution < 1.29 is 19.4 Å². The molecular formula is C23H32N4O4. The van der Waals surface area contributed by atoms with E-state index in [0.29, 0.717) is 12.1 Å². The number of carbonyl (C=O) groups is 2. The number of carbonyl (C=O) groups excluding carboxylic acids is 1. The third-order valence-electron chi connectivity index (χ3n) is 6.50. The first-order valence-electron chi connectivity index (χ1n) is 11.1. The highest BCUT2D eigenvalue weighted by molar-refractivity contribution is 6.06. The second-order valence-corrected chi connectivity index (χ2v) is 9.69. The number of hydrogen-bond acceptors (Lipinski definition) is 5. The van der Waals surface area contributed by atoms with Gasteiger partial charge in [-0.25, -0.2) is 9.59 Å². The summed E-state index contributed by atoms with van der Waals surface area (Å²) < 4.78 is 7.43. The van der Waals surface area contributed by atoms with Crippen molar-refractivity contribution in [1.82, 2.24) is 14.7 Å². The highest BCUT2D eigenvalue weighted by atomic mass is 16.6. The normalized spacial score (nSPS) is 23.3. The molecule has 168 valence electrons. The van der Waals surface area contributed by atoms with E-state index in [1.807, 2.05) is 44.9 Å². The minimum atomic E-state index is -0.968. The molecule has 2 fully saturated rings. The van der Waals surface area contributed by atoms with Crippen LogP contribution in [0.3, 0.4) is 0 Å². The fourth-order valence-corrected chi connectivity index (χ4v) is 5.05. The lowest BCUT2D eigenvalue weighted by molar-refractivity contribution is 0.00598. The third-order valence-corrected chi connectivity index (χ3v) is 6.50. The lowest BCUT2D eigenvalue weighted by Crippen LogP contribution is -2.53. The summed E-state index contributed by atoms with van der Waals surface area (Å²) in [6, 6.07) is 4.14. The second kappa shape index (κ2) is 7.73. The molecule has 2 bridgehead atoms. The van der Waals surface area contributed by atoms with Crippen molar-refractivity contribution in [2.75, 3.05) is 11.9 Å². The summed E-state index contributed by atoms with van der Waals surface area (Å²) in [6.07, 6.45) is 5.45. The fourth-order valence-electron chi connectivity index (χ4n) is 5.05. The van der Waals surface area contributed by atoms with Crippen molar-refractivity contribution in [2.24, 2.45) is 0 Å². The molecule has 8 nitrogen and oxygen atoms in total. The van der Waals surface area contributed by atoms with Crippen molar-refractivity contribution in [2.45, 2.75) is 83.6 Å². The number of nitrogens with zero attached hydrogens (tertiary/aromatic N) is 4. The molecular weight excluding hydrogens is 396 g/mol. The monoisotopic (exact) mass is 428 g/mol. The van der Waals surface area contributed by atoms with E-state index in [0.717, 1.165) is 36.8 Å². The maximum atomic E-state index is 12.8. The maximum absolute atomic E-state index is 12.8. The maximum Gasteiger partial charge on any atom is 0.410 e. The van der Waals surface area contributed by atoms with E-state index >= 15 is 0 Å². The Morgan fingerprint density at radius 3 is 2.42 bits per heavy atom. The van der Waals surface area contributed by atoms with Gasteiger partial charge in [-0.2, -0.15) is 5.10 Å². The van der Waals surface area contributed by atoms with Crippen molar-refractivity contribution >= 4 is 28.7 Å². The Morgan fingerprint density at radius 2 is 1.87 bits per heavy atom. The van der Waals surface area contributed by atoms with Crippen LogP contribution in [0.25, 0.3) is 10.9 Å². The Kier molecular flexibility index (Phi) is 5.35. The number of aryl methyl sites for hydroxylation is 1. The first-order chi connectivity index (χ1) is 14.6. The van der Waals surface area contributed by atoms with Crippen LogP contribution in [-0.4, -0.2) is 62.6 Å². The van der Waals surface area contributed by atoms with Crippen molar-refractivity contribution in [3.8, 4) is 0 Å². The number of aromatic nitrogens is 2. The summed E-state index contributed by atoms with van der Waals surface area (Å²) >= 11 is 0. The summed E-state index contributed by atoms with van der Waals surface area (Å²) in [4.78, 5) is 28.6. The minimum absolute atomic E-state index is 0.174. The molecule has 1 N–H and O–H groups in total. The number of anilines is 1. The topological polar surface area (TPSA) is 87.9 Å². The summed E-state index contributed by atoms with van der Waals surface area (Å²) in [5, 5.41) is 14.9. The van der Waals surface area contributed by atoms with Gasteiger partial charge in [-0.1, -0.05) is 0 Å². The molecule has 0 spiro atoms. The Hall–Kier alpha value is -2.77. The molecule has 3 atom stereocenters. The highest BCUT2D eigenvalue weighted by Crippen LogP contribution is 2.40. The predicted molar refractivity (Wildman–Crippen MR) is 119 cm³/mol. The largest absolute Gasteiger partial charge is 0.478 e. The number of benzene rings is 1. The van der Waals surface area contributed by atoms with E-state index in [1.165, 1.54) is 0 Å². The van der Waals surface area contributed by atoms with Crippen LogP contribution in [0.5, 0.6) is 0 Å². The molecule has 2 saturated heterocycles. The molecule has 3 heterocycles. The molecule has 8 heteroatoms. The molecule has 2 aromatic rings. The first-order valence-corrected chi connectivity index (χ1v) is 11.1. The number of piperidine rings is 1. The van der Waals surface area contributed by atoms with Gasteiger partial charge in [-0.15, -0.1) is 0 Å². The molecule has 1 unspecified atom stereocenters. The molecule has 1 amide bonds. The summed E-state index contributed by atoms with van der Waals surface area (Å²) in [7, 11) is 2.06. The standard InChI is InChI=1S/C23H32N4O4/c1-6-26-13-18-19(10-9-17(21(28)29)20(18)24-26)25(5)16-11-14-7-8-15(12-16)27(14)22(30)31-23(2,3)4/h9-10,13-16H,6-8,11-12H2,1-5H3,(H,28,29)/t14-,15+,16?. The average molecular weight is 429 g/mol. The van der Waals surface area contributed by atoms with Crippen LogP contribution in [0.15, 0.2) is 18.3 Å². The number of carboxylic acid groups (broad SMARTS) is 1. The van der Waals surface area contributed by atoms with Gasteiger partial charge in [0.15, 0.2) is 0 Å². The van der Waals surface area contributed by atoms with Gasteiger partial charge in [-0.05, 0) is 65.5 Å². The zero-order valence-corrected chi connectivity index (χ0v) is 19.0. The first kappa shape index (κ1) is 21.5. The van der Waals surface area contributed by atoms with Crippen LogP contribution in [0.1, 0.15) is 63.7 Å². The number of aromatic carboxylic acids is 1. The third kappa shape index (κ3) is 3.95. The fraction of sp³-hybridized carbons (Fsp3) is 0.609. The smallest absolute Gasteiger partial charge is 0.410 e. The van der Waals surface area contributed by atoms with Crippen molar-refractivity contribution in [3.05, 3.63) is 23.9 Å². The lowest BCUT2D eigenvalue weighted by Gasteiger charge is -2.43. The summed E-state index contributed by atoms with van der Waals surface area (Å²) in [6.45, 7) is 8.36. The summed E-state index contributed by atoms with van der Waals surface area (Å²) in [5.41, 5.74) is 1.23. The van der Waals surface area contributed by atoms with E-state index in [4.69, 9.17) is 4.74 Å². The van der Waals surface area contributed by atoms with Gasteiger partial charge in [0.1, 0.15) is 11.1 Å². The molecule has 0 radical (unpaired) electrons. The Morgan fingerprint density at radius 1 is 1.23 bits per heavy atom. The zero-order valence-electron chi connectivity index (χ0n) is 19.0. The van der Waals surface area contributed by atoms with E-state index in [9.17, 15) is 14.7 Å². The van der Waals surface area contributed by atoms with E-state index in [2.05, 4.69) is 17.0 Å². The van der Waals surface area contributed by atoms with Crippen molar-refractivity contribution in [3.63, 3.8) is 0 Å². The summed E-state index contributed by atoms with van der Waals surface area (Å²) in [5.74, 6) is -0.968. The van der Waals surface area contributed by atoms with Crippen LogP contribution in [0, 0.1) is 0 Å². The van der Waals surface area contributed by atoms with E-state index in [1.54, 1.807) is 10.7 Å². The van der Waals surface area contributed by atoms with Gasteiger partial charge < -0.3 is 19.6 Å². The highest BCUT2D eigenvalue weighted by Gasteiger charge is 2.46. The minimum Gasteiger partial charge on any atom is -0.478 e. The molecule has 2 aliphatic heterocycles. The van der Waals surface area contributed by atoms with Crippen LogP contribution in [0.2, 0.25) is 0 Å². The SMILES string of the molecule is CCn1cc2c(N(C)C3C[C@H]4CC[C@@H](C3)N4C(=O)OC(C)(C)C)ccc(C(=O)O)c2n1. The van der Waals surface area contributed by atoms with Gasteiger partial charge in [-0.3, -0.25) is 4.68 Å². The van der Waals surface area contributed by atoms with E-state index < -0.39 is 11.6 Å². The molecule has 31 heavy (non-hydrogen) atoms. The van der Waals surface area contributed by atoms with Crippen LogP contribution >= 0.6 is 0 Å². The Bertz CT molecular complexity index is 995. The number of rotatable bonds is 4. The Balaban J connectivity index is 1.59. The number of hydrogen-bond donors (Lipinski definition) is 1. The number of ether oxygens (including phenoxy) is 1. The second-order valence-electron chi connectivity index (χ2n) is 9.69. The van der Waals surface area contributed by atoms with Crippen LogP contribution < -0.4 is 4.90 Å². The zero-order chi connectivity index (χ0) is 22.5. The number of amides is 1. The molecule has 4 rings (SSSR count). The van der Waals surface area contributed by atoms with Gasteiger partial charge in [0.05, 0.1) is 5.56 Å². The quantitative estimate of drug-likeness (QED) is 0.788.